The van der Waals surface area contributed by atoms with Crippen LogP contribution in [-0.4, -0.2) is 9.97 Å². The molecule has 6 nitrogen and oxygen atoms in total. The summed E-state index contributed by atoms with van der Waals surface area (Å²) in [5, 5.41) is 10.1. The molecule has 1 aromatic heterocycles. The van der Waals surface area contributed by atoms with Crippen molar-refractivity contribution in [3.63, 3.8) is 0 Å². The van der Waals surface area contributed by atoms with Crippen molar-refractivity contribution in [1.82, 2.24) is 9.97 Å². The van der Waals surface area contributed by atoms with Crippen LogP contribution in [0.25, 0.3) is 0 Å². The molecule has 0 unspecified atom stereocenters. The summed E-state index contributed by atoms with van der Waals surface area (Å²) in [5.74, 6) is -0.349. The first-order valence-corrected chi connectivity index (χ1v) is 7.31. The molecular formula is C15H10Cl2N4O2. The number of nitrogens with two attached hydrogens (primary N) is 1. The Morgan fingerprint density at radius 1 is 1.39 bits per heavy atom. The lowest BCUT2D eigenvalue weighted by molar-refractivity contribution is 0.373. The maximum atomic E-state index is 12.4. The topological polar surface area (TPSA) is 105 Å². The minimum atomic E-state index is -0.727. The predicted molar refractivity (Wildman–Crippen MR) is 85.4 cm³/mol. The lowest BCUT2D eigenvalue weighted by atomic mass is 9.85. The number of halogens is 2. The summed E-state index contributed by atoms with van der Waals surface area (Å²) < 4.78 is 5.35. The fourth-order valence-electron chi connectivity index (χ4n) is 2.49. The quantitative estimate of drug-likeness (QED) is 0.823. The Hall–Kier alpha value is -2.49. The van der Waals surface area contributed by atoms with E-state index < -0.39 is 11.5 Å². The number of allylic oxidation sites excluding steroid dienone is 1. The number of nitrogens with one attached hydrogen (secondary N) is 1. The van der Waals surface area contributed by atoms with Crippen LogP contribution in [0.2, 0.25) is 10.0 Å². The Morgan fingerprint density at radius 2 is 2.13 bits per heavy atom. The van der Waals surface area contributed by atoms with Crippen LogP contribution < -0.4 is 16.0 Å². The van der Waals surface area contributed by atoms with E-state index in [2.05, 4.69) is 9.97 Å². The first-order valence-electron chi connectivity index (χ1n) is 6.55. The van der Waals surface area contributed by atoms with Gasteiger partial charge in [-0.25, -0.2) is 0 Å². The van der Waals surface area contributed by atoms with Gasteiger partial charge in [-0.3, -0.25) is 4.79 Å². The van der Waals surface area contributed by atoms with Crippen molar-refractivity contribution in [3.05, 3.63) is 67.0 Å². The van der Waals surface area contributed by atoms with E-state index in [9.17, 15) is 10.1 Å². The number of nitriles is 1. The van der Waals surface area contributed by atoms with Gasteiger partial charge in [-0.05, 0) is 24.6 Å². The molecule has 0 saturated heterocycles. The van der Waals surface area contributed by atoms with E-state index in [-0.39, 0.29) is 22.9 Å². The smallest absolute Gasteiger partial charge is 0.258 e. The van der Waals surface area contributed by atoms with Crippen LogP contribution in [0.1, 0.15) is 22.9 Å². The largest absolute Gasteiger partial charge is 0.422 e. The maximum Gasteiger partial charge on any atom is 0.258 e. The van der Waals surface area contributed by atoms with Crippen molar-refractivity contribution in [2.75, 3.05) is 0 Å². The zero-order valence-electron chi connectivity index (χ0n) is 11.9. The molecule has 3 N–H and O–H groups in total. The molecule has 1 aromatic carbocycles. The molecule has 0 bridgehead atoms. The van der Waals surface area contributed by atoms with Crippen LogP contribution in [0, 0.1) is 18.3 Å². The SMILES string of the molecule is Cc1nc2c(c(=O)[nH]1)[C@@H](c1ccc(Cl)c(Cl)c1)C(C#N)=C(N)O2. The Balaban J connectivity index is 2.31. The number of nitrogens with zero attached hydrogens (tertiary/aromatic N) is 2. The van der Waals surface area contributed by atoms with Gasteiger partial charge >= 0.3 is 0 Å². The maximum absolute atomic E-state index is 12.4. The number of hydrogen-bond donors (Lipinski definition) is 2. The third-order valence-electron chi connectivity index (χ3n) is 3.49. The lowest BCUT2D eigenvalue weighted by Crippen LogP contribution is -2.29. The fraction of sp³-hybridized carbons (Fsp3) is 0.133. The van der Waals surface area contributed by atoms with Gasteiger partial charge in [-0.2, -0.15) is 10.2 Å². The highest BCUT2D eigenvalue weighted by Crippen LogP contribution is 2.40. The molecule has 1 aliphatic rings. The summed E-state index contributed by atoms with van der Waals surface area (Å²) in [6, 6.07) is 6.85. The summed E-state index contributed by atoms with van der Waals surface area (Å²) in [6.07, 6.45) is 0. The van der Waals surface area contributed by atoms with E-state index >= 15 is 0 Å². The van der Waals surface area contributed by atoms with Gasteiger partial charge < -0.3 is 15.5 Å². The van der Waals surface area contributed by atoms with Crippen LogP contribution in [0.15, 0.2) is 34.4 Å². The van der Waals surface area contributed by atoms with E-state index in [0.717, 1.165) is 0 Å². The van der Waals surface area contributed by atoms with Crippen LogP contribution in [-0.2, 0) is 0 Å². The van der Waals surface area contributed by atoms with E-state index in [1.165, 1.54) is 0 Å². The highest BCUT2D eigenvalue weighted by Gasteiger charge is 2.34. The molecule has 0 fully saturated rings. The zero-order valence-corrected chi connectivity index (χ0v) is 13.4. The molecular weight excluding hydrogens is 339 g/mol. The minimum absolute atomic E-state index is 0.0822. The molecule has 1 atom stereocenters. The zero-order chi connectivity index (χ0) is 16.7. The summed E-state index contributed by atoms with van der Waals surface area (Å²) in [4.78, 5) is 19.1. The molecule has 8 heteroatoms. The Labute approximate surface area is 141 Å². The van der Waals surface area contributed by atoms with Crippen LogP contribution in [0.4, 0.5) is 0 Å². The average molecular weight is 349 g/mol. The van der Waals surface area contributed by atoms with Crippen LogP contribution in [0.5, 0.6) is 5.88 Å². The number of rotatable bonds is 1. The van der Waals surface area contributed by atoms with Gasteiger partial charge in [-0.15, -0.1) is 0 Å². The van der Waals surface area contributed by atoms with Crippen molar-refractivity contribution in [1.29, 1.82) is 5.26 Å². The molecule has 23 heavy (non-hydrogen) atoms. The van der Waals surface area contributed by atoms with E-state index in [1.54, 1.807) is 25.1 Å². The number of H-pyrrole nitrogens is 1. The predicted octanol–water partition coefficient (Wildman–Crippen LogP) is 2.60. The lowest BCUT2D eigenvalue weighted by Gasteiger charge is -2.25. The Morgan fingerprint density at radius 3 is 2.78 bits per heavy atom. The molecule has 0 radical (unpaired) electrons. The molecule has 0 saturated carbocycles. The van der Waals surface area contributed by atoms with Gasteiger partial charge in [0.2, 0.25) is 11.8 Å². The average Bonchev–Trinajstić information content (AvgIpc) is 2.48. The third-order valence-corrected chi connectivity index (χ3v) is 4.22. The number of aryl methyl sites for hydroxylation is 1. The minimum Gasteiger partial charge on any atom is -0.422 e. The van der Waals surface area contributed by atoms with Crippen LogP contribution >= 0.6 is 23.2 Å². The molecule has 0 aliphatic carbocycles. The van der Waals surface area contributed by atoms with Crippen molar-refractivity contribution in [2.24, 2.45) is 5.73 Å². The van der Waals surface area contributed by atoms with Crippen molar-refractivity contribution in [3.8, 4) is 11.9 Å². The highest BCUT2D eigenvalue weighted by atomic mass is 35.5. The first-order chi connectivity index (χ1) is 10.9. The van der Waals surface area contributed by atoms with Crippen molar-refractivity contribution < 1.29 is 4.74 Å². The van der Waals surface area contributed by atoms with Gasteiger partial charge in [0.1, 0.15) is 17.5 Å². The summed E-state index contributed by atoms with van der Waals surface area (Å²) in [6.45, 7) is 1.62. The molecule has 0 spiro atoms. The van der Waals surface area contributed by atoms with Crippen molar-refractivity contribution >= 4 is 23.2 Å². The number of aromatic nitrogens is 2. The summed E-state index contributed by atoms with van der Waals surface area (Å²) >= 11 is 12.0. The fourth-order valence-corrected chi connectivity index (χ4v) is 2.80. The standard InChI is InChI=1S/C15H10Cl2N4O2/c1-6-20-14(22)12-11(7-2-3-9(16)10(17)4-7)8(5-18)13(19)23-15(12)21-6/h2-4,11H,19H2,1H3,(H,20,21,22)/t11-/m0/s1. The van der Waals surface area contributed by atoms with Gasteiger partial charge in [0.25, 0.3) is 5.56 Å². The number of hydrogen-bond acceptors (Lipinski definition) is 5. The highest BCUT2D eigenvalue weighted by molar-refractivity contribution is 6.42. The summed E-state index contributed by atoms with van der Waals surface area (Å²) in [7, 11) is 0. The normalized spacial score (nSPS) is 16.5. The monoisotopic (exact) mass is 348 g/mol. The molecule has 3 rings (SSSR count). The summed E-state index contributed by atoms with van der Waals surface area (Å²) in [5.41, 5.74) is 6.35. The second kappa shape index (κ2) is 5.61. The number of fused-ring (bicyclic) bond motifs is 1. The van der Waals surface area contributed by atoms with E-state index in [0.29, 0.717) is 21.4 Å². The molecule has 2 heterocycles. The number of aromatic amines is 1. The molecule has 116 valence electrons. The number of ether oxygens (including phenoxy) is 1. The third kappa shape index (κ3) is 2.54. The van der Waals surface area contributed by atoms with Crippen molar-refractivity contribution in [2.45, 2.75) is 12.8 Å². The first kappa shape index (κ1) is 15.4. The molecule has 1 aliphatic heterocycles. The molecule has 0 amide bonds. The van der Waals surface area contributed by atoms with Gasteiger partial charge in [0.15, 0.2) is 0 Å². The Bertz CT molecular complexity index is 943. The van der Waals surface area contributed by atoms with Gasteiger partial charge in [0, 0.05) is 0 Å². The number of benzene rings is 1. The van der Waals surface area contributed by atoms with E-state index in [1.807, 2.05) is 6.07 Å². The van der Waals surface area contributed by atoms with Gasteiger partial charge in [0.05, 0.1) is 21.5 Å². The Kier molecular flexibility index (Phi) is 3.76. The second-order valence-corrected chi connectivity index (χ2v) is 5.78. The van der Waals surface area contributed by atoms with Gasteiger partial charge in [-0.1, -0.05) is 29.3 Å². The van der Waals surface area contributed by atoms with E-state index in [4.69, 9.17) is 33.7 Å². The molecule has 2 aromatic rings. The second-order valence-electron chi connectivity index (χ2n) is 4.97. The van der Waals surface area contributed by atoms with Crippen LogP contribution in [0.3, 0.4) is 0 Å².